The second-order valence-corrected chi connectivity index (χ2v) is 6.78. The normalized spacial score (nSPS) is 11.0. The Balaban J connectivity index is 1.78. The van der Waals surface area contributed by atoms with Crippen molar-refractivity contribution in [3.8, 4) is 5.75 Å². The minimum atomic E-state index is -0.0692. The monoisotopic (exact) mass is 405 g/mol. The van der Waals surface area contributed by atoms with Gasteiger partial charge in [-0.15, -0.1) is 0 Å². The Hall–Kier alpha value is -3.85. The fourth-order valence-corrected chi connectivity index (χ4v) is 3.36. The van der Waals surface area contributed by atoms with Crippen LogP contribution in [0, 0.1) is 0 Å². The fraction of sp³-hybridized carbons (Fsp3) is 0.190. The summed E-state index contributed by atoms with van der Waals surface area (Å²) in [5.74, 6) is 1.72. The molecule has 30 heavy (non-hydrogen) atoms. The number of aliphatic hydroxyl groups excluding tert-OH is 1. The lowest BCUT2D eigenvalue weighted by molar-refractivity contribution is 0.311. The lowest BCUT2D eigenvalue weighted by Gasteiger charge is -2.09. The van der Waals surface area contributed by atoms with Crippen molar-refractivity contribution in [2.24, 2.45) is 16.5 Å². The lowest BCUT2D eigenvalue weighted by Crippen LogP contribution is -2.22. The van der Waals surface area contributed by atoms with Gasteiger partial charge >= 0.3 is 0 Å². The van der Waals surface area contributed by atoms with Crippen molar-refractivity contribution >= 4 is 39.3 Å². The van der Waals surface area contributed by atoms with Crippen LogP contribution in [0.1, 0.15) is 11.4 Å². The number of nitrogens with zero attached hydrogens (tertiary/aromatic N) is 3. The Kier molecular flexibility index (Phi) is 5.36. The number of aliphatic hydroxyl groups is 1. The highest BCUT2D eigenvalue weighted by atomic mass is 16.5. The molecule has 0 unspecified atom stereocenters. The molecule has 4 rings (SSSR count). The minimum Gasteiger partial charge on any atom is -0.497 e. The van der Waals surface area contributed by atoms with Crippen LogP contribution in [-0.2, 0) is 6.42 Å². The van der Waals surface area contributed by atoms with Gasteiger partial charge in [0.2, 0.25) is 0 Å². The van der Waals surface area contributed by atoms with Gasteiger partial charge in [0.25, 0.3) is 0 Å². The Morgan fingerprint density at radius 1 is 1.17 bits per heavy atom. The van der Waals surface area contributed by atoms with Gasteiger partial charge in [-0.3, -0.25) is 0 Å². The highest BCUT2D eigenvalue weighted by Crippen LogP contribution is 2.28. The number of methoxy groups -OCH3 is 1. The van der Waals surface area contributed by atoms with Crippen molar-refractivity contribution in [2.45, 2.75) is 6.42 Å². The van der Waals surface area contributed by atoms with Crippen molar-refractivity contribution in [3.05, 3.63) is 54.0 Å². The Morgan fingerprint density at radius 2 is 2.03 bits per heavy atom. The van der Waals surface area contributed by atoms with Gasteiger partial charge in [-0.05, 0) is 42.0 Å². The Morgan fingerprint density at radius 3 is 2.80 bits per heavy atom. The number of aromatic amines is 1. The number of hydrogen-bond acceptors (Lipinski definition) is 6. The highest BCUT2D eigenvalue weighted by Gasteiger charge is 2.12. The lowest BCUT2D eigenvalue weighted by atomic mass is 10.1. The molecule has 154 valence electrons. The topological polar surface area (TPSA) is 147 Å². The van der Waals surface area contributed by atoms with E-state index in [4.69, 9.17) is 26.3 Å². The molecule has 0 atom stereocenters. The summed E-state index contributed by atoms with van der Waals surface area (Å²) in [7, 11) is 1.64. The van der Waals surface area contributed by atoms with Gasteiger partial charge in [-0.2, -0.15) is 4.99 Å². The number of benzene rings is 2. The number of fused-ring (bicyclic) bond motifs is 2. The summed E-state index contributed by atoms with van der Waals surface area (Å²) in [4.78, 5) is 16.8. The summed E-state index contributed by atoms with van der Waals surface area (Å²) in [6.45, 7) is 0.484. The van der Waals surface area contributed by atoms with Crippen LogP contribution in [0.15, 0.2) is 47.6 Å². The van der Waals surface area contributed by atoms with Crippen LogP contribution >= 0.6 is 0 Å². The molecule has 0 saturated carbocycles. The van der Waals surface area contributed by atoms with E-state index in [-0.39, 0.29) is 12.6 Å². The molecule has 7 N–H and O–H groups in total. The fourth-order valence-electron chi connectivity index (χ4n) is 3.36. The van der Waals surface area contributed by atoms with Crippen LogP contribution in [0.3, 0.4) is 0 Å². The van der Waals surface area contributed by atoms with Gasteiger partial charge in [-0.25, -0.2) is 9.97 Å². The van der Waals surface area contributed by atoms with E-state index in [1.165, 1.54) is 0 Å². The molecule has 0 fully saturated rings. The van der Waals surface area contributed by atoms with Crippen LogP contribution < -0.4 is 21.5 Å². The first-order valence-corrected chi connectivity index (χ1v) is 9.46. The van der Waals surface area contributed by atoms with Crippen molar-refractivity contribution < 1.29 is 9.84 Å². The largest absolute Gasteiger partial charge is 0.497 e. The van der Waals surface area contributed by atoms with Crippen molar-refractivity contribution in [1.29, 1.82) is 0 Å². The van der Waals surface area contributed by atoms with Crippen molar-refractivity contribution in [1.82, 2.24) is 15.0 Å². The number of ether oxygens (including phenoxy) is 1. The third-order valence-corrected chi connectivity index (χ3v) is 4.72. The molecule has 0 saturated heterocycles. The summed E-state index contributed by atoms with van der Waals surface area (Å²) >= 11 is 0. The molecule has 0 radical (unpaired) electrons. The first kappa shape index (κ1) is 19.5. The number of hydrogen-bond donors (Lipinski definition) is 5. The smallest absolute Gasteiger partial charge is 0.192 e. The summed E-state index contributed by atoms with van der Waals surface area (Å²) in [5.41, 5.74) is 14.8. The SMILES string of the molecule is COc1ccc2[nH]cc(Cc3nc(N=C(N)N)c4ccc(NCCO)cc4n3)c2c1. The Bertz CT molecular complexity index is 1230. The molecule has 0 aliphatic carbocycles. The average Bonchev–Trinajstić information content (AvgIpc) is 3.13. The van der Waals surface area contributed by atoms with E-state index in [0.29, 0.717) is 30.1 Å². The molecule has 0 aliphatic heterocycles. The van der Waals surface area contributed by atoms with E-state index in [2.05, 4.69) is 20.3 Å². The molecule has 2 heterocycles. The van der Waals surface area contributed by atoms with E-state index >= 15 is 0 Å². The maximum absolute atomic E-state index is 9.05. The van der Waals surface area contributed by atoms with Crippen molar-refractivity contribution in [3.63, 3.8) is 0 Å². The van der Waals surface area contributed by atoms with E-state index in [9.17, 15) is 0 Å². The Labute approximate surface area is 172 Å². The predicted octanol–water partition coefficient (Wildman–Crippen LogP) is 2.02. The number of aliphatic imine (C=N–C) groups is 1. The molecule has 0 aliphatic rings. The summed E-state index contributed by atoms with van der Waals surface area (Å²) in [6, 6.07) is 11.5. The molecular weight excluding hydrogens is 382 g/mol. The minimum absolute atomic E-state index is 0.0380. The predicted molar refractivity (Wildman–Crippen MR) is 118 cm³/mol. The number of aromatic nitrogens is 3. The first-order chi connectivity index (χ1) is 14.6. The van der Waals surface area contributed by atoms with E-state index in [1.807, 2.05) is 42.6 Å². The van der Waals surface area contributed by atoms with Crippen LogP contribution in [0.25, 0.3) is 21.8 Å². The molecule has 2 aromatic heterocycles. The molecule has 9 nitrogen and oxygen atoms in total. The maximum atomic E-state index is 9.05. The van der Waals surface area contributed by atoms with Gasteiger partial charge in [0.15, 0.2) is 11.8 Å². The van der Waals surface area contributed by atoms with Crippen LogP contribution in [0.5, 0.6) is 5.75 Å². The van der Waals surface area contributed by atoms with Gasteiger partial charge in [-0.1, -0.05) is 0 Å². The van der Waals surface area contributed by atoms with Crippen LogP contribution in [0.2, 0.25) is 0 Å². The number of nitrogens with two attached hydrogens (primary N) is 2. The maximum Gasteiger partial charge on any atom is 0.192 e. The van der Waals surface area contributed by atoms with E-state index in [0.717, 1.165) is 33.3 Å². The molecule has 0 spiro atoms. The number of rotatable bonds is 7. The van der Waals surface area contributed by atoms with E-state index in [1.54, 1.807) is 7.11 Å². The second-order valence-electron chi connectivity index (χ2n) is 6.78. The van der Waals surface area contributed by atoms with Crippen LogP contribution in [0.4, 0.5) is 11.5 Å². The third kappa shape index (κ3) is 3.96. The summed E-state index contributed by atoms with van der Waals surface area (Å²) < 4.78 is 5.35. The molecular formula is C21H23N7O2. The van der Waals surface area contributed by atoms with Gasteiger partial charge in [0.1, 0.15) is 11.6 Å². The molecule has 4 aromatic rings. The third-order valence-electron chi connectivity index (χ3n) is 4.72. The number of H-pyrrole nitrogens is 1. The highest BCUT2D eigenvalue weighted by molar-refractivity contribution is 5.93. The second kappa shape index (κ2) is 8.26. The number of guanidine groups is 1. The molecule has 9 heteroatoms. The summed E-state index contributed by atoms with van der Waals surface area (Å²) in [6.07, 6.45) is 2.43. The number of anilines is 1. The van der Waals surface area contributed by atoms with Gasteiger partial charge in [0.05, 0.1) is 19.2 Å². The molecule has 2 aromatic carbocycles. The average molecular weight is 405 g/mol. The van der Waals surface area contributed by atoms with E-state index < -0.39 is 0 Å². The standard InChI is InChI=1S/C21H23N7O2/c1-30-14-3-5-17-16(10-14)12(11-25-17)8-19-26-18-9-13(24-6-7-29)2-4-15(18)20(27-19)28-21(22)23/h2-5,9-11,24-25,29H,6-8H2,1H3,(H4,22,23,26,27,28). The van der Waals surface area contributed by atoms with Crippen LogP contribution in [-0.4, -0.2) is 46.3 Å². The van der Waals surface area contributed by atoms with Crippen molar-refractivity contribution in [2.75, 3.05) is 25.6 Å². The zero-order valence-corrected chi connectivity index (χ0v) is 16.5. The first-order valence-electron chi connectivity index (χ1n) is 9.46. The van der Waals surface area contributed by atoms with Gasteiger partial charge in [0, 0.05) is 41.1 Å². The number of nitrogens with one attached hydrogen (secondary N) is 2. The summed E-state index contributed by atoms with van der Waals surface area (Å²) in [5, 5.41) is 14.0. The zero-order valence-electron chi connectivity index (χ0n) is 16.5. The molecule has 0 amide bonds. The quantitative estimate of drug-likeness (QED) is 0.233. The molecule has 0 bridgehead atoms. The zero-order chi connectivity index (χ0) is 21.1. The van der Waals surface area contributed by atoms with Gasteiger partial charge < -0.3 is 31.6 Å².